The van der Waals surface area contributed by atoms with Crippen LogP contribution in [-0.4, -0.2) is 30.6 Å². The number of aromatic hydroxyl groups is 1. The average molecular weight is 468 g/mol. The van der Waals surface area contributed by atoms with Crippen molar-refractivity contribution in [2.75, 3.05) is 13.7 Å². The van der Waals surface area contributed by atoms with Crippen LogP contribution < -0.4 is 10.1 Å². The number of ketones is 1. The minimum absolute atomic E-state index is 0.00169. The van der Waals surface area contributed by atoms with Crippen LogP contribution in [0.15, 0.2) is 65.0 Å². The van der Waals surface area contributed by atoms with Gasteiger partial charge >= 0.3 is 5.97 Å². The van der Waals surface area contributed by atoms with Gasteiger partial charge in [0.25, 0.3) is 0 Å². The van der Waals surface area contributed by atoms with Gasteiger partial charge in [-0.3, -0.25) is 4.79 Å². The minimum Gasteiger partial charge on any atom is -0.504 e. The molecule has 0 aromatic heterocycles. The third kappa shape index (κ3) is 4.35. The van der Waals surface area contributed by atoms with Crippen molar-refractivity contribution in [3.63, 3.8) is 0 Å². The first-order valence-corrected chi connectivity index (χ1v) is 11.2. The number of dihydropyridines is 1. The zero-order valence-electron chi connectivity index (χ0n) is 18.8. The number of hydrogen-bond donors (Lipinski definition) is 2. The molecule has 1 heterocycles. The van der Waals surface area contributed by atoms with E-state index >= 15 is 0 Å². The van der Waals surface area contributed by atoms with Crippen molar-refractivity contribution in [3.05, 3.63) is 81.2 Å². The smallest absolute Gasteiger partial charge is 0.336 e. The van der Waals surface area contributed by atoms with E-state index in [0.717, 1.165) is 11.3 Å². The van der Waals surface area contributed by atoms with Crippen LogP contribution in [-0.2, 0) is 14.3 Å². The van der Waals surface area contributed by atoms with Crippen LogP contribution in [0.5, 0.6) is 11.5 Å². The molecule has 0 amide bonds. The monoisotopic (exact) mass is 467 g/mol. The van der Waals surface area contributed by atoms with E-state index in [0.29, 0.717) is 52.6 Å². The van der Waals surface area contributed by atoms with Gasteiger partial charge < -0.3 is 19.9 Å². The van der Waals surface area contributed by atoms with E-state index in [-0.39, 0.29) is 17.5 Å². The first-order chi connectivity index (χ1) is 15.8. The van der Waals surface area contributed by atoms with Gasteiger partial charge in [-0.2, -0.15) is 0 Å². The number of methoxy groups -OCH3 is 1. The van der Waals surface area contributed by atoms with Crippen molar-refractivity contribution in [2.24, 2.45) is 0 Å². The molecular formula is C26H26ClNO5. The van der Waals surface area contributed by atoms with E-state index in [2.05, 4.69) is 5.32 Å². The highest BCUT2D eigenvalue weighted by molar-refractivity contribution is 6.30. The standard InChI is InChI=1S/C26H26ClNO5/c1-4-33-22-13-16(7-10-20(22)29)24-23(26(31)32-3)14(2)28-19-11-17(12-21(30)25(19)24)15-5-8-18(27)9-6-15/h5-10,13,17,24,28-29H,4,11-12H2,1-3H3/t17-,24+/m1/s1. The number of allylic oxidation sites excluding steroid dienone is 3. The maximum absolute atomic E-state index is 13.5. The molecule has 0 spiro atoms. The molecule has 2 aromatic carbocycles. The van der Waals surface area contributed by atoms with Gasteiger partial charge in [0.2, 0.25) is 0 Å². The van der Waals surface area contributed by atoms with E-state index in [1.807, 2.05) is 38.1 Å². The number of phenols is 1. The summed E-state index contributed by atoms with van der Waals surface area (Å²) >= 11 is 6.04. The molecule has 6 nitrogen and oxygen atoms in total. The lowest BCUT2D eigenvalue weighted by Crippen LogP contribution is -2.36. The topological polar surface area (TPSA) is 84.9 Å². The van der Waals surface area contributed by atoms with Gasteiger partial charge in [0.05, 0.1) is 19.3 Å². The molecular weight excluding hydrogens is 442 g/mol. The summed E-state index contributed by atoms with van der Waals surface area (Å²) in [6.45, 7) is 4.00. The Kier molecular flexibility index (Phi) is 6.47. The number of Topliss-reactive ketones (excluding diaryl/α,β-unsaturated/α-hetero) is 1. The zero-order chi connectivity index (χ0) is 23.7. The molecule has 172 valence electrons. The largest absolute Gasteiger partial charge is 0.504 e. The Morgan fingerprint density at radius 1 is 1.15 bits per heavy atom. The van der Waals surface area contributed by atoms with E-state index in [1.54, 1.807) is 12.1 Å². The van der Waals surface area contributed by atoms with Crippen molar-refractivity contribution < 1.29 is 24.2 Å². The molecule has 0 unspecified atom stereocenters. The molecule has 4 rings (SSSR count). The highest BCUT2D eigenvalue weighted by Crippen LogP contribution is 2.46. The summed E-state index contributed by atoms with van der Waals surface area (Å²) in [5.41, 5.74) is 4.10. The van der Waals surface area contributed by atoms with Crippen LogP contribution in [0.1, 0.15) is 49.7 Å². The Morgan fingerprint density at radius 2 is 1.85 bits per heavy atom. The third-order valence-electron chi connectivity index (χ3n) is 6.19. The molecule has 2 atom stereocenters. The van der Waals surface area contributed by atoms with Crippen molar-refractivity contribution in [1.82, 2.24) is 5.32 Å². The van der Waals surface area contributed by atoms with Gasteiger partial charge in [-0.05, 0) is 61.6 Å². The number of carbonyl (C=O) groups excluding carboxylic acids is 2. The lowest BCUT2D eigenvalue weighted by atomic mass is 9.71. The van der Waals surface area contributed by atoms with Gasteiger partial charge in [-0.15, -0.1) is 0 Å². The number of ether oxygens (including phenoxy) is 2. The maximum Gasteiger partial charge on any atom is 0.336 e. The van der Waals surface area contributed by atoms with Crippen LogP contribution in [0.2, 0.25) is 5.02 Å². The number of halogens is 1. The predicted octanol–water partition coefficient (Wildman–Crippen LogP) is 4.98. The molecule has 7 heteroatoms. The molecule has 0 radical (unpaired) electrons. The molecule has 1 aliphatic carbocycles. The number of carbonyl (C=O) groups is 2. The normalized spacial score (nSPS) is 20.3. The molecule has 2 aromatic rings. The number of rotatable bonds is 5. The van der Waals surface area contributed by atoms with Crippen molar-refractivity contribution in [1.29, 1.82) is 0 Å². The van der Waals surface area contributed by atoms with Crippen molar-refractivity contribution in [3.8, 4) is 11.5 Å². The summed E-state index contributed by atoms with van der Waals surface area (Å²) in [6, 6.07) is 12.5. The van der Waals surface area contributed by atoms with Gasteiger partial charge in [0.15, 0.2) is 17.3 Å². The number of hydrogen-bond acceptors (Lipinski definition) is 6. The second kappa shape index (κ2) is 9.32. The zero-order valence-corrected chi connectivity index (χ0v) is 19.5. The Balaban J connectivity index is 1.81. The van der Waals surface area contributed by atoms with E-state index in [9.17, 15) is 14.7 Å². The molecule has 0 bridgehead atoms. The van der Waals surface area contributed by atoms with Crippen molar-refractivity contribution in [2.45, 2.75) is 38.5 Å². The molecule has 2 N–H and O–H groups in total. The Bertz CT molecular complexity index is 1170. The molecule has 2 aliphatic rings. The fraction of sp³-hybridized carbons (Fsp3) is 0.308. The van der Waals surface area contributed by atoms with E-state index in [4.69, 9.17) is 21.1 Å². The SMILES string of the molecule is CCOc1cc([C@H]2C(C(=O)OC)=C(C)NC3=C2C(=O)C[C@H](c2ccc(Cl)cc2)C3)ccc1O. The Labute approximate surface area is 197 Å². The molecule has 1 aliphatic heterocycles. The van der Waals surface area contributed by atoms with Gasteiger partial charge in [0, 0.05) is 34.3 Å². The Morgan fingerprint density at radius 3 is 2.52 bits per heavy atom. The second-order valence-electron chi connectivity index (χ2n) is 8.22. The van der Waals surface area contributed by atoms with E-state index in [1.165, 1.54) is 13.2 Å². The number of esters is 1. The fourth-order valence-electron chi connectivity index (χ4n) is 4.70. The third-order valence-corrected chi connectivity index (χ3v) is 6.44. The number of benzene rings is 2. The summed E-state index contributed by atoms with van der Waals surface area (Å²) in [4.78, 5) is 26.3. The first-order valence-electron chi connectivity index (χ1n) is 10.9. The lowest BCUT2D eigenvalue weighted by Gasteiger charge is -2.36. The van der Waals surface area contributed by atoms with E-state index < -0.39 is 11.9 Å². The number of nitrogens with one attached hydrogen (secondary N) is 1. The molecule has 0 saturated carbocycles. The molecule has 0 fully saturated rings. The van der Waals surface area contributed by atoms with Gasteiger partial charge in [-0.25, -0.2) is 4.79 Å². The van der Waals surface area contributed by atoms with Crippen LogP contribution in [0.3, 0.4) is 0 Å². The highest BCUT2D eigenvalue weighted by Gasteiger charge is 2.41. The summed E-state index contributed by atoms with van der Waals surface area (Å²) in [6.07, 6.45) is 0.948. The van der Waals surface area contributed by atoms with Crippen LogP contribution in [0, 0.1) is 0 Å². The lowest BCUT2D eigenvalue weighted by molar-refractivity contribution is -0.136. The summed E-state index contributed by atoms with van der Waals surface area (Å²) in [7, 11) is 1.32. The molecule has 0 saturated heterocycles. The van der Waals surface area contributed by atoms with Crippen molar-refractivity contribution >= 4 is 23.4 Å². The van der Waals surface area contributed by atoms with Gasteiger partial charge in [0.1, 0.15) is 0 Å². The summed E-state index contributed by atoms with van der Waals surface area (Å²) in [5, 5.41) is 14.1. The quantitative estimate of drug-likeness (QED) is 0.603. The number of phenolic OH excluding ortho intramolecular Hbond substituents is 1. The summed E-state index contributed by atoms with van der Waals surface area (Å²) in [5.74, 6) is -0.842. The fourth-order valence-corrected chi connectivity index (χ4v) is 4.83. The molecule has 33 heavy (non-hydrogen) atoms. The highest BCUT2D eigenvalue weighted by atomic mass is 35.5. The van der Waals surface area contributed by atoms with Crippen LogP contribution >= 0.6 is 11.6 Å². The van der Waals surface area contributed by atoms with Gasteiger partial charge in [-0.1, -0.05) is 29.8 Å². The van der Waals surface area contributed by atoms with Crippen LogP contribution in [0.25, 0.3) is 0 Å². The predicted molar refractivity (Wildman–Crippen MR) is 125 cm³/mol. The maximum atomic E-state index is 13.5. The second-order valence-corrected chi connectivity index (χ2v) is 8.66. The first kappa shape index (κ1) is 22.9. The minimum atomic E-state index is -0.618. The van der Waals surface area contributed by atoms with Crippen LogP contribution in [0.4, 0.5) is 0 Å². The average Bonchev–Trinajstić information content (AvgIpc) is 2.79. The Hall–Kier alpha value is -3.25. The summed E-state index contributed by atoms with van der Waals surface area (Å²) < 4.78 is 10.6.